The molecule has 8 nitrogen and oxygen atoms in total. The van der Waals surface area contributed by atoms with E-state index in [2.05, 4.69) is 10.3 Å². The first-order valence-corrected chi connectivity index (χ1v) is 15.3. The van der Waals surface area contributed by atoms with Gasteiger partial charge in [0, 0.05) is 18.7 Å². The SMILES string of the molecule is CCS(=O)(=O)c1ccc([C@H](CO)NC(=O)c2cnc3c(C4CC4)n(C[C@H]4CC[C@H](C(F)(F)F)CC4)nc3c2)cc1. The lowest BCUT2D eigenvalue weighted by atomic mass is 9.81. The number of carbonyl (C=O) groups is 1. The van der Waals surface area contributed by atoms with Crippen LogP contribution in [0.5, 0.6) is 0 Å². The predicted octanol–water partition coefficient (Wildman–Crippen LogP) is 4.93. The van der Waals surface area contributed by atoms with Crippen molar-refractivity contribution in [2.45, 2.75) is 75.0 Å². The van der Waals surface area contributed by atoms with E-state index in [1.54, 1.807) is 25.1 Å². The fourth-order valence-corrected chi connectivity index (χ4v) is 6.41. The van der Waals surface area contributed by atoms with E-state index in [1.165, 1.54) is 18.3 Å². The summed E-state index contributed by atoms with van der Waals surface area (Å²) in [6.07, 6.45) is 0.608. The summed E-state index contributed by atoms with van der Waals surface area (Å²) in [5.41, 5.74) is 3.05. The first-order chi connectivity index (χ1) is 19.0. The normalized spacial score (nSPS) is 20.9. The van der Waals surface area contributed by atoms with E-state index in [-0.39, 0.29) is 35.0 Å². The third-order valence-electron chi connectivity index (χ3n) is 8.09. The van der Waals surface area contributed by atoms with Crippen molar-refractivity contribution in [2.75, 3.05) is 12.4 Å². The number of amides is 1. The highest BCUT2D eigenvalue weighted by molar-refractivity contribution is 7.91. The van der Waals surface area contributed by atoms with Gasteiger partial charge in [0.15, 0.2) is 9.84 Å². The van der Waals surface area contributed by atoms with Gasteiger partial charge in [0.2, 0.25) is 0 Å². The molecule has 0 saturated heterocycles. The number of halogens is 3. The highest BCUT2D eigenvalue weighted by atomic mass is 32.2. The lowest BCUT2D eigenvalue weighted by Crippen LogP contribution is -2.30. The van der Waals surface area contributed by atoms with Crippen LogP contribution in [0.2, 0.25) is 0 Å². The zero-order valence-electron chi connectivity index (χ0n) is 22.2. The number of benzene rings is 1. The quantitative estimate of drug-likeness (QED) is 0.372. The van der Waals surface area contributed by atoms with Crippen LogP contribution in [0, 0.1) is 11.8 Å². The predicted molar refractivity (Wildman–Crippen MR) is 142 cm³/mol. The number of hydrogen-bond donors (Lipinski definition) is 2. The summed E-state index contributed by atoms with van der Waals surface area (Å²) in [6, 6.07) is 6.93. The minimum atomic E-state index is -4.14. The average molecular weight is 579 g/mol. The Morgan fingerprint density at radius 1 is 1.12 bits per heavy atom. The number of sulfone groups is 1. The topological polar surface area (TPSA) is 114 Å². The molecule has 0 radical (unpaired) electrons. The van der Waals surface area contributed by atoms with E-state index in [9.17, 15) is 31.5 Å². The fourth-order valence-electron chi connectivity index (χ4n) is 5.52. The fraction of sp³-hybridized carbons (Fsp3) is 0.536. The maximum absolute atomic E-state index is 13.1. The number of hydrogen-bond acceptors (Lipinski definition) is 6. The summed E-state index contributed by atoms with van der Waals surface area (Å²) in [6.45, 7) is 1.70. The van der Waals surface area contributed by atoms with Crippen molar-refractivity contribution < 1.29 is 31.5 Å². The smallest absolute Gasteiger partial charge is 0.391 e. The van der Waals surface area contributed by atoms with Crippen LogP contribution in [0.4, 0.5) is 13.2 Å². The Morgan fingerprint density at radius 3 is 2.38 bits per heavy atom. The number of nitrogens with one attached hydrogen (secondary N) is 1. The number of pyridine rings is 1. The van der Waals surface area contributed by atoms with Crippen LogP contribution in [0.1, 0.15) is 79.0 Å². The average Bonchev–Trinajstić information content (AvgIpc) is 3.71. The molecular formula is C28H33F3N4O4S. The molecule has 2 aromatic heterocycles. The summed E-state index contributed by atoms with van der Waals surface area (Å²) in [5, 5.41) is 17.4. The molecule has 2 heterocycles. The van der Waals surface area contributed by atoms with Gasteiger partial charge in [-0.1, -0.05) is 19.1 Å². The van der Waals surface area contributed by atoms with Crippen LogP contribution < -0.4 is 5.32 Å². The van der Waals surface area contributed by atoms with Gasteiger partial charge in [-0.25, -0.2) is 8.42 Å². The molecule has 1 atom stereocenters. The van der Waals surface area contributed by atoms with Crippen molar-refractivity contribution in [1.82, 2.24) is 20.1 Å². The molecule has 1 aromatic carbocycles. The van der Waals surface area contributed by atoms with Crippen LogP contribution in [0.3, 0.4) is 0 Å². The second kappa shape index (κ2) is 11.1. The lowest BCUT2D eigenvalue weighted by Gasteiger charge is -2.30. The molecule has 216 valence electrons. The lowest BCUT2D eigenvalue weighted by molar-refractivity contribution is -0.184. The monoisotopic (exact) mass is 578 g/mol. The van der Waals surface area contributed by atoms with Crippen molar-refractivity contribution in [3.05, 3.63) is 53.3 Å². The first kappa shape index (κ1) is 28.5. The van der Waals surface area contributed by atoms with E-state index in [0.717, 1.165) is 18.5 Å². The van der Waals surface area contributed by atoms with Gasteiger partial charge < -0.3 is 10.4 Å². The van der Waals surface area contributed by atoms with Crippen molar-refractivity contribution in [3.8, 4) is 0 Å². The second-order valence-electron chi connectivity index (χ2n) is 10.9. The first-order valence-electron chi connectivity index (χ1n) is 13.7. The van der Waals surface area contributed by atoms with Gasteiger partial charge >= 0.3 is 6.18 Å². The molecule has 5 rings (SSSR count). The third kappa shape index (κ3) is 6.02. The molecule has 3 aromatic rings. The summed E-state index contributed by atoms with van der Waals surface area (Å²) >= 11 is 0. The van der Waals surface area contributed by atoms with Gasteiger partial charge in [-0.2, -0.15) is 18.3 Å². The van der Waals surface area contributed by atoms with Gasteiger partial charge in [0.1, 0.15) is 11.0 Å². The zero-order valence-corrected chi connectivity index (χ0v) is 23.0. The molecule has 40 heavy (non-hydrogen) atoms. The van der Waals surface area contributed by atoms with Crippen LogP contribution in [-0.2, 0) is 16.4 Å². The Bertz CT molecular complexity index is 1480. The number of fused-ring (bicyclic) bond motifs is 1. The summed E-state index contributed by atoms with van der Waals surface area (Å²) < 4.78 is 65.3. The molecule has 0 bridgehead atoms. The molecule has 0 spiro atoms. The Hall–Kier alpha value is -2.99. The minimum absolute atomic E-state index is 0.0284. The van der Waals surface area contributed by atoms with Crippen LogP contribution in [-0.4, -0.2) is 52.7 Å². The van der Waals surface area contributed by atoms with E-state index < -0.39 is 40.5 Å². The van der Waals surface area contributed by atoms with Gasteiger partial charge in [-0.05, 0) is 68.2 Å². The summed E-state index contributed by atoms with van der Waals surface area (Å²) in [7, 11) is -3.37. The van der Waals surface area contributed by atoms with Crippen LogP contribution in [0.25, 0.3) is 11.0 Å². The van der Waals surface area contributed by atoms with Crippen molar-refractivity contribution >= 4 is 26.8 Å². The molecule has 2 fully saturated rings. The van der Waals surface area contributed by atoms with E-state index in [4.69, 9.17) is 5.10 Å². The molecule has 2 saturated carbocycles. The minimum Gasteiger partial charge on any atom is -0.394 e. The van der Waals surface area contributed by atoms with Gasteiger partial charge in [-0.15, -0.1) is 0 Å². The number of alkyl halides is 3. The largest absolute Gasteiger partial charge is 0.394 e. The van der Waals surface area contributed by atoms with Gasteiger partial charge in [-0.3, -0.25) is 14.5 Å². The Balaban J connectivity index is 1.32. The maximum atomic E-state index is 13.1. The zero-order chi connectivity index (χ0) is 28.7. The Kier molecular flexibility index (Phi) is 7.93. The summed E-state index contributed by atoms with van der Waals surface area (Å²) in [5.74, 6) is -1.30. The van der Waals surface area contributed by atoms with Crippen molar-refractivity contribution in [3.63, 3.8) is 0 Å². The van der Waals surface area contributed by atoms with Crippen molar-refractivity contribution in [2.24, 2.45) is 11.8 Å². The number of rotatable bonds is 9. The van der Waals surface area contributed by atoms with Crippen LogP contribution in [0.15, 0.2) is 41.4 Å². The molecule has 2 aliphatic rings. The molecule has 12 heteroatoms. The third-order valence-corrected chi connectivity index (χ3v) is 9.84. The van der Waals surface area contributed by atoms with E-state index in [1.807, 2.05) is 4.68 Å². The maximum Gasteiger partial charge on any atom is 0.391 e. The number of nitrogens with zero attached hydrogens (tertiary/aromatic N) is 3. The Morgan fingerprint density at radius 2 is 1.80 bits per heavy atom. The molecule has 0 aliphatic heterocycles. The van der Waals surface area contributed by atoms with Crippen LogP contribution >= 0.6 is 0 Å². The molecule has 2 aliphatic carbocycles. The highest BCUT2D eigenvalue weighted by Crippen LogP contribution is 2.44. The van der Waals surface area contributed by atoms with Crippen molar-refractivity contribution in [1.29, 1.82) is 0 Å². The number of aliphatic hydroxyl groups excluding tert-OH is 1. The standard InChI is InChI=1S/C28H33F3N4O4S/c1-2-40(38,39)22-11-7-18(8-12-22)24(16-36)33-27(37)20-13-23-25(32-14-20)26(19-5-6-19)35(34-23)15-17-3-9-21(10-4-17)28(29,30)31/h7-8,11-14,17,19,21,24,36H,2-6,9-10,15-16H2,1H3,(H,33,37)/t17-,21-,24-/m0/s1. The van der Waals surface area contributed by atoms with E-state index >= 15 is 0 Å². The summed E-state index contributed by atoms with van der Waals surface area (Å²) in [4.78, 5) is 17.8. The molecular weight excluding hydrogens is 545 g/mol. The Labute approximate surface area is 230 Å². The molecule has 2 N–H and O–H groups in total. The molecule has 1 amide bonds. The highest BCUT2D eigenvalue weighted by Gasteiger charge is 2.41. The van der Waals surface area contributed by atoms with Gasteiger partial charge in [0.05, 0.1) is 40.5 Å². The van der Waals surface area contributed by atoms with Gasteiger partial charge in [0.25, 0.3) is 5.91 Å². The molecule has 0 unspecified atom stereocenters. The number of carbonyl (C=O) groups excluding carboxylic acids is 1. The number of aromatic nitrogens is 3. The van der Waals surface area contributed by atoms with E-state index in [0.29, 0.717) is 41.9 Å². The number of aliphatic hydroxyl groups is 1. The second-order valence-corrected chi connectivity index (χ2v) is 13.2.